The first-order valence-electron chi connectivity index (χ1n) is 26.8. The summed E-state index contributed by atoms with van der Waals surface area (Å²) >= 11 is 0. The largest absolute Gasteiger partial charge is 0.477 e. The van der Waals surface area contributed by atoms with Crippen LogP contribution in [0.15, 0.2) is 0 Å². The van der Waals surface area contributed by atoms with E-state index in [0.717, 1.165) is 13.8 Å². The minimum Gasteiger partial charge on any atom is -0.477 e. The highest BCUT2D eigenvalue weighted by Gasteiger charge is 2.62. The number of hydrogen-bond donors (Lipinski definition) is 22. The summed E-state index contributed by atoms with van der Waals surface area (Å²) < 4.78 is 70.0. The lowest BCUT2D eigenvalue weighted by Crippen LogP contribution is -2.72. The Morgan fingerprint density at radius 3 is 1.56 bits per heavy atom. The summed E-state index contributed by atoms with van der Waals surface area (Å²) in [6, 6.07) is -4.69. The summed E-state index contributed by atoms with van der Waals surface area (Å²) in [4.78, 5) is 49.5. The van der Waals surface area contributed by atoms with Gasteiger partial charge in [0.25, 0.3) is 5.79 Å². The average molecular weight is 1250 g/mol. The molecule has 32 atom stereocenters. The zero-order valence-corrected chi connectivity index (χ0v) is 45.7. The van der Waals surface area contributed by atoms with Crippen LogP contribution in [0.2, 0.25) is 0 Å². The molecule has 0 aliphatic carbocycles. The molecule has 38 nitrogen and oxygen atoms in total. The molecule has 22 N–H and O–H groups in total. The lowest BCUT2D eigenvalue weighted by atomic mass is 9.88. The number of aliphatic hydroxyl groups excluding tert-OH is 18. The van der Waals surface area contributed by atoms with Gasteiger partial charge in [0.2, 0.25) is 18.2 Å². The Hall–Kier alpha value is -3.32. The third kappa shape index (κ3) is 15.8. The summed E-state index contributed by atoms with van der Waals surface area (Å²) in [5.41, 5.74) is 0. The van der Waals surface area contributed by atoms with E-state index in [9.17, 15) is 116 Å². The average Bonchev–Trinajstić information content (AvgIpc) is 1.15. The van der Waals surface area contributed by atoms with Gasteiger partial charge < -0.3 is 170 Å². The molecular formula is C47H79N3O35. The molecule has 0 spiro atoms. The topological polar surface area (TPSA) is 600 Å². The van der Waals surface area contributed by atoms with Gasteiger partial charge in [-0.25, -0.2) is 4.79 Å². The molecule has 6 heterocycles. The Balaban J connectivity index is 1.33. The van der Waals surface area contributed by atoms with Crippen molar-refractivity contribution in [2.75, 3.05) is 46.2 Å². The van der Waals surface area contributed by atoms with Gasteiger partial charge in [0, 0.05) is 20.3 Å². The zero-order chi connectivity index (χ0) is 63.1. The van der Waals surface area contributed by atoms with Gasteiger partial charge in [0.15, 0.2) is 31.5 Å². The second-order valence-corrected chi connectivity index (χ2v) is 21.1. The summed E-state index contributed by atoms with van der Waals surface area (Å²) in [6.07, 6.45) is -58.0. The predicted molar refractivity (Wildman–Crippen MR) is 262 cm³/mol. The van der Waals surface area contributed by atoms with Crippen LogP contribution in [0.1, 0.15) is 27.2 Å². The Labute approximate surface area is 481 Å². The number of carbonyl (C=O) groups is 4. The molecule has 0 aromatic heterocycles. The summed E-state index contributed by atoms with van der Waals surface area (Å²) in [5.74, 6) is -7.24. The normalized spacial score (nSPS) is 45.4. The maximum atomic E-state index is 13.2. The van der Waals surface area contributed by atoms with Gasteiger partial charge in [-0.15, -0.1) is 0 Å². The second-order valence-electron chi connectivity index (χ2n) is 21.1. The van der Waals surface area contributed by atoms with Crippen molar-refractivity contribution in [3.63, 3.8) is 0 Å². The van der Waals surface area contributed by atoms with Crippen LogP contribution in [0, 0.1) is 0 Å². The second kappa shape index (κ2) is 30.9. The Kier molecular flexibility index (Phi) is 25.8. The van der Waals surface area contributed by atoms with Crippen molar-refractivity contribution in [2.24, 2.45) is 0 Å². The van der Waals surface area contributed by atoms with Gasteiger partial charge in [-0.05, 0) is 6.92 Å². The van der Waals surface area contributed by atoms with E-state index in [4.69, 9.17) is 56.8 Å². The maximum Gasteiger partial charge on any atom is 0.364 e. The first kappa shape index (κ1) is 70.8. The molecular weight excluding hydrogens is 1170 g/mol. The van der Waals surface area contributed by atoms with Crippen LogP contribution >= 0.6 is 0 Å². The fourth-order valence-corrected chi connectivity index (χ4v) is 10.6. The number of aliphatic hydroxyl groups is 18. The molecule has 0 aromatic carbocycles. The first-order chi connectivity index (χ1) is 40.1. The van der Waals surface area contributed by atoms with Crippen molar-refractivity contribution < 1.29 is 173 Å². The Morgan fingerprint density at radius 2 is 1.02 bits per heavy atom. The van der Waals surface area contributed by atoms with Gasteiger partial charge in [-0.2, -0.15) is 0 Å². The molecule has 492 valence electrons. The van der Waals surface area contributed by atoms with E-state index >= 15 is 0 Å². The number of amides is 3. The fraction of sp³-hybridized carbons (Fsp3) is 0.915. The van der Waals surface area contributed by atoms with E-state index < -0.39 is 266 Å². The van der Waals surface area contributed by atoms with Gasteiger partial charge in [-0.3, -0.25) is 14.4 Å². The van der Waals surface area contributed by atoms with E-state index in [1.165, 1.54) is 6.92 Å². The molecule has 6 fully saturated rings. The van der Waals surface area contributed by atoms with Crippen LogP contribution in [-0.2, 0) is 76.0 Å². The monoisotopic (exact) mass is 1250 g/mol. The number of carboxylic acid groups (broad SMARTS) is 1. The lowest BCUT2D eigenvalue weighted by Gasteiger charge is -2.52. The van der Waals surface area contributed by atoms with E-state index in [1.807, 2.05) is 0 Å². The Morgan fingerprint density at radius 1 is 0.553 bits per heavy atom. The standard InChI is InChI=1S/C47H79N3O35/c1-13-25(62)28(65)31(68)43(75-13)82-37-22(10-56)77-41(80-35-21(9-55)79-44(33(70)30(35)67)81-36-20(8-54)78-42(32(69)29(36)66)74-11-16(5-51)48-12-57)24(50-15(3)59)39(37)83-45-34(71)40(27(64)19(7-53)76-45)85-47(46(72)73)4-17(60)23(49-14(2)58)38(84-47)26(63)18(61)6-52/h12-13,16-45,51-56,60-71H,4-11H2,1-3H3,(H,48,57)(H,49,58)(H,50,59)(H,72,73)/t13-,16+,17-,18+,19+,20+,21+,22+,23+,24+,25+,26+,27-,28+,29+,30+,31-,32+,33+,34+,35-,36+,37-,38+,39+,40-,41-,42+,43-,44-,45-,47-/m0/s1. The minimum absolute atomic E-state index is 0.261. The van der Waals surface area contributed by atoms with Crippen LogP contribution in [-0.4, -0.2) is 363 Å². The van der Waals surface area contributed by atoms with E-state index in [2.05, 4.69) is 16.0 Å². The van der Waals surface area contributed by atoms with E-state index in [1.54, 1.807) is 0 Å². The highest BCUT2D eigenvalue weighted by molar-refractivity contribution is 5.76. The third-order valence-electron chi connectivity index (χ3n) is 15.1. The molecule has 0 saturated carbocycles. The van der Waals surface area contributed by atoms with Crippen molar-refractivity contribution in [2.45, 2.75) is 223 Å². The number of aliphatic carboxylic acids is 1. The van der Waals surface area contributed by atoms with Crippen LogP contribution in [0.3, 0.4) is 0 Å². The van der Waals surface area contributed by atoms with Crippen LogP contribution in [0.4, 0.5) is 0 Å². The van der Waals surface area contributed by atoms with Crippen LogP contribution in [0.5, 0.6) is 0 Å². The van der Waals surface area contributed by atoms with Crippen molar-refractivity contribution in [3.05, 3.63) is 0 Å². The number of ether oxygens (including phenoxy) is 12. The van der Waals surface area contributed by atoms with Gasteiger partial charge >= 0.3 is 5.97 Å². The fourth-order valence-electron chi connectivity index (χ4n) is 10.6. The van der Waals surface area contributed by atoms with Gasteiger partial charge in [0.05, 0.1) is 70.5 Å². The molecule has 0 unspecified atom stereocenters. The number of carboxylic acids is 1. The minimum atomic E-state index is -3.28. The molecule has 0 radical (unpaired) electrons. The summed E-state index contributed by atoms with van der Waals surface area (Å²) in [6.45, 7) is -3.53. The number of hydrogen-bond acceptors (Lipinski definition) is 34. The molecule has 85 heavy (non-hydrogen) atoms. The molecule has 6 aliphatic rings. The number of nitrogens with one attached hydrogen (secondary N) is 3. The highest BCUT2D eigenvalue weighted by Crippen LogP contribution is 2.41. The SMILES string of the molecule is CC(=O)N[C@H]1[C@H](O[C@@H]2[C@H](O)[C@@H](O)[C@H](O[C@H]3[C@H](O)[C@@H](O)[C@H](OC[C@@H](CO)NC=O)O[C@@H]3CO)O[C@@H]2CO)O[C@H](CO)[C@H](O[C@@H]2O[C@@H](C)[C@@H](O)[C@@H](O)[C@@H]2O)[C@@H]1O[C@@H]1O[C@H](CO)[C@H](O)[C@H](O[C@]2(C(=O)O)C[C@H](O)[C@@H](NC(C)=O)[C@H]([C@H](O)[C@H](O)CO)O2)[C@H]1O. The van der Waals surface area contributed by atoms with Crippen molar-refractivity contribution >= 4 is 24.2 Å². The molecule has 6 aliphatic heterocycles. The number of rotatable bonds is 26. The summed E-state index contributed by atoms with van der Waals surface area (Å²) in [5, 5.41) is 213. The smallest absolute Gasteiger partial charge is 0.364 e. The quantitative estimate of drug-likeness (QED) is 0.0358. The van der Waals surface area contributed by atoms with E-state index in [-0.39, 0.29) is 6.41 Å². The van der Waals surface area contributed by atoms with Gasteiger partial charge in [0.1, 0.15) is 134 Å². The molecule has 0 bridgehead atoms. The molecule has 0 aromatic rings. The number of carbonyl (C=O) groups excluding carboxylic acids is 3. The molecule has 6 rings (SSSR count). The van der Waals surface area contributed by atoms with Crippen molar-refractivity contribution in [3.8, 4) is 0 Å². The highest BCUT2D eigenvalue weighted by atomic mass is 16.8. The Bertz CT molecular complexity index is 2130. The predicted octanol–water partition coefficient (Wildman–Crippen LogP) is -14.4. The maximum absolute atomic E-state index is 13.2. The van der Waals surface area contributed by atoms with Crippen molar-refractivity contribution in [1.82, 2.24) is 16.0 Å². The summed E-state index contributed by atoms with van der Waals surface area (Å²) in [7, 11) is 0. The lowest BCUT2D eigenvalue weighted by molar-refractivity contribution is -0.398. The molecule has 38 heteroatoms. The molecule has 6 saturated heterocycles. The first-order valence-corrected chi connectivity index (χ1v) is 26.8. The molecule has 3 amide bonds. The van der Waals surface area contributed by atoms with Gasteiger partial charge in [-0.1, -0.05) is 0 Å². The van der Waals surface area contributed by atoms with Crippen LogP contribution in [0.25, 0.3) is 0 Å². The van der Waals surface area contributed by atoms with E-state index in [0.29, 0.717) is 0 Å². The van der Waals surface area contributed by atoms with Crippen LogP contribution < -0.4 is 16.0 Å². The zero-order valence-electron chi connectivity index (χ0n) is 45.7. The third-order valence-corrected chi connectivity index (χ3v) is 15.1. The van der Waals surface area contributed by atoms with Crippen molar-refractivity contribution in [1.29, 1.82) is 0 Å².